The zero-order chi connectivity index (χ0) is 20.7. The van der Waals surface area contributed by atoms with Gasteiger partial charge in [-0.25, -0.2) is 8.78 Å². The van der Waals surface area contributed by atoms with Crippen LogP contribution in [-0.4, -0.2) is 15.7 Å². The van der Waals surface area contributed by atoms with Crippen molar-refractivity contribution in [1.29, 1.82) is 0 Å². The first-order valence-corrected chi connectivity index (χ1v) is 10.1. The molecule has 0 spiro atoms. The van der Waals surface area contributed by atoms with Gasteiger partial charge in [-0.05, 0) is 30.3 Å². The monoisotopic (exact) mass is 433 g/mol. The molecule has 0 radical (unpaired) electrons. The van der Waals surface area contributed by atoms with Crippen molar-refractivity contribution in [2.75, 3.05) is 5.32 Å². The number of thiophene rings is 1. The van der Waals surface area contributed by atoms with Crippen LogP contribution >= 0.6 is 18.9 Å². The molecule has 0 aliphatic heterocycles. The molecule has 1 heterocycles. The second-order valence-corrected chi connectivity index (χ2v) is 8.46. The fourth-order valence-electron chi connectivity index (χ4n) is 2.56. The topological polar surface area (TPSA) is 86.6 Å². The molecule has 0 aliphatic carbocycles. The molecular formula is C17H12F4NO4PS. The number of benzene rings is 2. The Morgan fingerprint density at radius 2 is 1.75 bits per heavy atom. The van der Waals surface area contributed by atoms with Gasteiger partial charge in [0, 0.05) is 26.9 Å². The predicted octanol–water partition coefficient (Wildman–Crippen LogP) is 5.32. The van der Waals surface area contributed by atoms with E-state index in [9.17, 15) is 26.9 Å². The Labute approximate surface area is 159 Å². The first-order chi connectivity index (χ1) is 13.0. The zero-order valence-corrected chi connectivity index (χ0v) is 15.5. The Hall–Kier alpha value is -2.26. The van der Waals surface area contributed by atoms with Gasteiger partial charge in [-0.3, -0.25) is 9.36 Å². The molecule has 0 saturated carbocycles. The van der Waals surface area contributed by atoms with Gasteiger partial charge in [-0.1, -0.05) is 18.2 Å². The summed E-state index contributed by atoms with van der Waals surface area (Å²) in [4.78, 5) is 28.7. The molecule has 2 aromatic carbocycles. The number of para-hydroxylation sites is 1. The van der Waals surface area contributed by atoms with E-state index in [1.807, 2.05) is 0 Å². The number of anilines is 1. The van der Waals surface area contributed by atoms with Crippen LogP contribution in [-0.2, 0) is 10.2 Å². The van der Waals surface area contributed by atoms with E-state index < -0.39 is 36.0 Å². The van der Waals surface area contributed by atoms with Crippen molar-refractivity contribution in [2.45, 2.75) is 12.1 Å². The highest BCUT2D eigenvalue weighted by atomic mass is 32.1. The number of nitrogens with one attached hydrogen (secondary N) is 1. The molecule has 1 aromatic heterocycles. The van der Waals surface area contributed by atoms with Crippen LogP contribution in [0.2, 0.25) is 0 Å². The lowest BCUT2D eigenvalue weighted by Gasteiger charge is -2.17. The van der Waals surface area contributed by atoms with E-state index in [0.29, 0.717) is 5.69 Å². The summed E-state index contributed by atoms with van der Waals surface area (Å²) in [5, 5.41) is 2.18. The minimum absolute atomic E-state index is 0.0466. The third-order valence-corrected chi connectivity index (χ3v) is 6.24. The number of hydrogen-bond acceptors (Lipinski definition) is 3. The molecule has 0 aliphatic rings. The van der Waals surface area contributed by atoms with Crippen molar-refractivity contribution in [2.24, 2.45) is 0 Å². The fourth-order valence-corrected chi connectivity index (χ4v) is 4.50. The lowest BCUT2D eigenvalue weighted by molar-refractivity contribution is 0.0546. The second kappa shape index (κ2) is 7.29. The van der Waals surface area contributed by atoms with Crippen LogP contribution in [0.4, 0.5) is 23.2 Å². The van der Waals surface area contributed by atoms with Crippen LogP contribution < -0.4 is 5.32 Å². The highest BCUT2D eigenvalue weighted by molar-refractivity contribution is 7.53. The molecule has 11 heteroatoms. The van der Waals surface area contributed by atoms with Crippen LogP contribution in [0.3, 0.4) is 0 Å². The van der Waals surface area contributed by atoms with Gasteiger partial charge in [0.25, 0.3) is 12.3 Å². The number of hydrogen-bond donors (Lipinski definition) is 3. The lowest BCUT2D eigenvalue weighted by Crippen LogP contribution is -2.14. The minimum Gasteiger partial charge on any atom is -0.322 e. The molecule has 0 fully saturated rings. The molecule has 5 nitrogen and oxygen atoms in total. The zero-order valence-electron chi connectivity index (χ0n) is 13.8. The van der Waals surface area contributed by atoms with Gasteiger partial charge in [-0.15, -0.1) is 11.3 Å². The first kappa shape index (κ1) is 20.5. The first-order valence-electron chi connectivity index (χ1n) is 7.67. The number of rotatable bonds is 5. The molecule has 0 bridgehead atoms. The number of carbonyl (C=O) groups excluding carboxylic acids is 1. The van der Waals surface area contributed by atoms with E-state index in [0.717, 1.165) is 6.07 Å². The van der Waals surface area contributed by atoms with Crippen molar-refractivity contribution < 1.29 is 36.7 Å². The maximum Gasteiger partial charge on any atom is 0.400 e. The second-order valence-electron chi connectivity index (χ2n) is 5.76. The molecule has 148 valence electrons. The van der Waals surface area contributed by atoms with Gasteiger partial charge in [0.05, 0.1) is 4.88 Å². The van der Waals surface area contributed by atoms with Crippen LogP contribution in [0.1, 0.15) is 27.2 Å². The largest absolute Gasteiger partial charge is 0.400 e. The fraction of sp³-hybridized carbons (Fsp3) is 0.118. The predicted molar refractivity (Wildman–Crippen MR) is 97.1 cm³/mol. The van der Waals surface area contributed by atoms with Crippen LogP contribution in [0.25, 0.3) is 10.1 Å². The highest BCUT2D eigenvalue weighted by Crippen LogP contribution is 2.63. The Morgan fingerprint density at radius 3 is 2.32 bits per heavy atom. The van der Waals surface area contributed by atoms with Crippen molar-refractivity contribution in [3.05, 3.63) is 64.5 Å². The molecule has 3 N–H and O–H groups in total. The van der Waals surface area contributed by atoms with Crippen molar-refractivity contribution >= 4 is 40.6 Å². The molecule has 0 saturated heterocycles. The van der Waals surface area contributed by atoms with Gasteiger partial charge in [0.1, 0.15) is 0 Å². The molecule has 28 heavy (non-hydrogen) atoms. The third kappa shape index (κ3) is 3.68. The summed E-state index contributed by atoms with van der Waals surface area (Å²) in [7, 11) is -6.02. The van der Waals surface area contributed by atoms with E-state index in [2.05, 4.69) is 5.32 Å². The molecule has 3 rings (SSSR count). The van der Waals surface area contributed by atoms with Gasteiger partial charge in [0.2, 0.25) is 0 Å². The van der Waals surface area contributed by atoms with Gasteiger partial charge in [-0.2, -0.15) is 8.78 Å². The average molecular weight is 433 g/mol. The summed E-state index contributed by atoms with van der Waals surface area (Å²) in [6.45, 7) is 0. The Balaban J connectivity index is 2.10. The quantitative estimate of drug-likeness (QED) is 0.376. The summed E-state index contributed by atoms with van der Waals surface area (Å²) >= 11 is 0.157. The number of amides is 1. The van der Waals surface area contributed by atoms with E-state index in [1.165, 1.54) is 12.1 Å². The highest BCUT2D eigenvalue weighted by Gasteiger charge is 2.54. The van der Waals surface area contributed by atoms with E-state index in [-0.39, 0.29) is 27.0 Å². The lowest BCUT2D eigenvalue weighted by atomic mass is 10.1. The van der Waals surface area contributed by atoms with Gasteiger partial charge in [0.15, 0.2) is 0 Å². The summed E-state index contributed by atoms with van der Waals surface area (Å²) < 4.78 is 66.3. The molecule has 0 unspecified atom stereocenters. The Morgan fingerprint density at radius 1 is 1.11 bits per heavy atom. The molecular weight excluding hydrogens is 421 g/mol. The average Bonchev–Trinajstić information content (AvgIpc) is 3.01. The summed E-state index contributed by atoms with van der Waals surface area (Å²) in [6.07, 6.45) is -3.42. The van der Waals surface area contributed by atoms with E-state index in [4.69, 9.17) is 9.79 Å². The Bertz CT molecular complexity index is 1080. The summed E-state index contributed by atoms with van der Waals surface area (Å²) in [5.74, 6) is -0.650. The van der Waals surface area contributed by atoms with Crippen molar-refractivity contribution in [3.63, 3.8) is 0 Å². The number of halogens is 4. The van der Waals surface area contributed by atoms with Crippen molar-refractivity contribution in [3.8, 4) is 0 Å². The summed E-state index contributed by atoms with van der Waals surface area (Å²) in [5.41, 5.74) is -5.58. The maximum atomic E-state index is 14.1. The Kier molecular flexibility index (Phi) is 5.33. The van der Waals surface area contributed by atoms with Crippen molar-refractivity contribution in [1.82, 2.24) is 0 Å². The van der Waals surface area contributed by atoms with Crippen LogP contribution in [0, 0.1) is 0 Å². The standard InChI is InChI=1S/C17H12F4NO4PS/c18-15(19)13-11-8-9(16(23)22-10-4-2-1-3-5-10)6-7-12(11)28-14(13)17(20,21)27(24,25)26/h1-8,15H,(H,22,23)(H2,24,25,26). The summed E-state index contributed by atoms with van der Waals surface area (Å²) in [6, 6.07) is 11.7. The third-order valence-electron chi connectivity index (χ3n) is 3.88. The number of carbonyl (C=O) groups is 1. The minimum atomic E-state index is -6.02. The van der Waals surface area contributed by atoms with E-state index >= 15 is 0 Å². The van der Waals surface area contributed by atoms with Crippen LogP contribution in [0.5, 0.6) is 0 Å². The van der Waals surface area contributed by atoms with Gasteiger partial charge >= 0.3 is 13.3 Å². The SMILES string of the molecule is O=C(Nc1ccccc1)c1ccc2sc(C(F)(F)P(=O)(O)O)c(C(F)F)c2c1. The maximum absolute atomic E-state index is 14.1. The normalized spacial score (nSPS) is 12.5. The molecule has 0 atom stereocenters. The number of alkyl halides is 4. The number of fused-ring (bicyclic) bond motifs is 1. The van der Waals surface area contributed by atoms with Crippen LogP contribution in [0.15, 0.2) is 48.5 Å². The molecule has 3 aromatic rings. The van der Waals surface area contributed by atoms with E-state index in [1.54, 1.807) is 30.3 Å². The smallest absolute Gasteiger partial charge is 0.322 e. The molecule has 1 amide bonds. The van der Waals surface area contributed by atoms with Gasteiger partial charge < -0.3 is 15.1 Å².